The van der Waals surface area contributed by atoms with Crippen LogP contribution in [0.4, 0.5) is 0 Å². The first-order chi connectivity index (χ1) is 4.99. The molecule has 0 unspecified atom stereocenters. The highest BCUT2D eigenvalue weighted by molar-refractivity contribution is 6.29. The highest BCUT2D eigenvalue weighted by Gasteiger charge is 2.13. The molecule has 2 heteroatoms. The van der Waals surface area contributed by atoms with Gasteiger partial charge in [-0.25, -0.2) is 0 Å². The zero-order valence-corrected chi connectivity index (χ0v) is 10.0. The largest absolute Gasteiger partial charge is 0.419 e. The molecule has 0 saturated heterocycles. The van der Waals surface area contributed by atoms with Crippen molar-refractivity contribution in [3.05, 3.63) is 0 Å². The summed E-state index contributed by atoms with van der Waals surface area (Å²) in [6.45, 7) is 10.9. The molecule has 0 aliphatic heterocycles. The van der Waals surface area contributed by atoms with E-state index in [9.17, 15) is 0 Å². The SMILES string of the molecule is CCC(CC)[SiH2]OC(C)(C)C. The topological polar surface area (TPSA) is 9.23 Å². The van der Waals surface area contributed by atoms with Crippen molar-refractivity contribution in [2.45, 2.75) is 58.6 Å². The predicted octanol–water partition coefficient (Wildman–Crippen LogP) is 2.49. The average molecular weight is 174 g/mol. The molecule has 0 bridgehead atoms. The lowest BCUT2D eigenvalue weighted by Gasteiger charge is -2.23. The standard InChI is InChI=1S/C9H22OSi/c1-6-8(7-2)11-10-9(3,4)5/h8H,6-7,11H2,1-5H3. The summed E-state index contributed by atoms with van der Waals surface area (Å²) in [4.78, 5) is 0. The van der Waals surface area contributed by atoms with Crippen molar-refractivity contribution < 1.29 is 4.43 Å². The molecule has 68 valence electrons. The second-order valence-corrected chi connectivity index (χ2v) is 5.88. The maximum absolute atomic E-state index is 5.81. The Hall–Kier alpha value is 0.177. The van der Waals surface area contributed by atoms with Crippen molar-refractivity contribution in [2.24, 2.45) is 0 Å². The van der Waals surface area contributed by atoms with Crippen molar-refractivity contribution in [3.8, 4) is 0 Å². The van der Waals surface area contributed by atoms with Gasteiger partial charge >= 0.3 is 0 Å². The van der Waals surface area contributed by atoms with E-state index in [1.165, 1.54) is 12.8 Å². The third-order valence-electron chi connectivity index (χ3n) is 1.91. The Morgan fingerprint density at radius 1 is 1.18 bits per heavy atom. The number of rotatable bonds is 4. The van der Waals surface area contributed by atoms with Crippen LogP contribution < -0.4 is 0 Å². The third-order valence-corrected chi connectivity index (χ3v) is 4.57. The molecule has 0 heterocycles. The van der Waals surface area contributed by atoms with Crippen LogP contribution in [0.15, 0.2) is 0 Å². The van der Waals surface area contributed by atoms with E-state index in [-0.39, 0.29) is 15.4 Å². The van der Waals surface area contributed by atoms with E-state index in [1.54, 1.807) is 0 Å². The van der Waals surface area contributed by atoms with Gasteiger partial charge in [-0.2, -0.15) is 0 Å². The monoisotopic (exact) mass is 174 g/mol. The molecule has 0 N–H and O–H groups in total. The van der Waals surface area contributed by atoms with Gasteiger partial charge in [0.15, 0.2) is 9.76 Å². The van der Waals surface area contributed by atoms with Crippen LogP contribution in [0.3, 0.4) is 0 Å². The summed E-state index contributed by atoms with van der Waals surface area (Å²) in [5.74, 6) is 0. The minimum atomic E-state index is -0.279. The van der Waals surface area contributed by atoms with E-state index in [0.29, 0.717) is 0 Å². The van der Waals surface area contributed by atoms with Gasteiger partial charge in [-0.15, -0.1) is 0 Å². The Labute approximate surface area is 73.5 Å². The Morgan fingerprint density at radius 3 is 1.91 bits per heavy atom. The van der Waals surface area contributed by atoms with Gasteiger partial charge in [0.1, 0.15) is 0 Å². The summed E-state index contributed by atoms with van der Waals surface area (Å²) in [6.07, 6.45) is 2.58. The molecular weight excluding hydrogens is 152 g/mol. The van der Waals surface area contributed by atoms with Gasteiger partial charge in [0.05, 0.1) is 0 Å². The Morgan fingerprint density at radius 2 is 1.64 bits per heavy atom. The van der Waals surface area contributed by atoms with Gasteiger partial charge in [0.2, 0.25) is 0 Å². The quantitative estimate of drug-likeness (QED) is 0.595. The highest BCUT2D eigenvalue weighted by atomic mass is 28.2. The minimum absolute atomic E-state index is 0.0921. The lowest BCUT2D eigenvalue weighted by molar-refractivity contribution is 0.134. The van der Waals surface area contributed by atoms with E-state index in [1.807, 2.05) is 0 Å². The van der Waals surface area contributed by atoms with E-state index < -0.39 is 0 Å². The molecule has 0 amide bonds. The first-order valence-corrected chi connectivity index (χ1v) is 6.03. The highest BCUT2D eigenvalue weighted by Crippen LogP contribution is 2.16. The van der Waals surface area contributed by atoms with Crippen molar-refractivity contribution in [1.29, 1.82) is 0 Å². The van der Waals surface area contributed by atoms with Crippen LogP contribution in [-0.2, 0) is 4.43 Å². The van der Waals surface area contributed by atoms with Crippen LogP contribution in [0.1, 0.15) is 47.5 Å². The Balaban J connectivity index is 3.51. The zero-order valence-electron chi connectivity index (χ0n) is 8.61. The fourth-order valence-corrected chi connectivity index (χ4v) is 2.10. The summed E-state index contributed by atoms with van der Waals surface area (Å²) in [6, 6.07) is 0. The molecule has 0 saturated carbocycles. The summed E-state index contributed by atoms with van der Waals surface area (Å²) in [7, 11) is -0.279. The lowest BCUT2D eigenvalue weighted by atomic mass is 10.2. The zero-order chi connectivity index (χ0) is 8.91. The second-order valence-electron chi connectivity index (χ2n) is 4.11. The Bertz CT molecular complexity index is 92.2. The van der Waals surface area contributed by atoms with Crippen molar-refractivity contribution in [3.63, 3.8) is 0 Å². The van der Waals surface area contributed by atoms with Gasteiger partial charge < -0.3 is 4.43 Å². The van der Waals surface area contributed by atoms with Crippen LogP contribution in [-0.4, -0.2) is 15.4 Å². The van der Waals surface area contributed by atoms with Gasteiger partial charge in [-0.3, -0.25) is 0 Å². The van der Waals surface area contributed by atoms with Crippen molar-refractivity contribution in [2.75, 3.05) is 0 Å². The van der Waals surface area contributed by atoms with Crippen LogP contribution >= 0.6 is 0 Å². The van der Waals surface area contributed by atoms with Gasteiger partial charge in [0.25, 0.3) is 0 Å². The molecule has 0 atom stereocenters. The fourth-order valence-electron chi connectivity index (χ4n) is 0.892. The smallest absolute Gasteiger partial charge is 0.165 e. The van der Waals surface area contributed by atoms with E-state index in [0.717, 1.165) is 5.54 Å². The first-order valence-electron chi connectivity index (χ1n) is 4.63. The molecule has 0 aromatic heterocycles. The van der Waals surface area contributed by atoms with Gasteiger partial charge in [-0.1, -0.05) is 26.7 Å². The van der Waals surface area contributed by atoms with E-state index in [2.05, 4.69) is 34.6 Å². The van der Waals surface area contributed by atoms with Crippen LogP contribution in [0.2, 0.25) is 5.54 Å². The third kappa shape index (κ3) is 6.57. The van der Waals surface area contributed by atoms with E-state index >= 15 is 0 Å². The van der Waals surface area contributed by atoms with Crippen molar-refractivity contribution >= 4 is 9.76 Å². The number of hydrogen-bond acceptors (Lipinski definition) is 1. The summed E-state index contributed by atoms with van der Waals surface area (Å²) < 4.78 is 5.81. The van der Waals surface area contributed by atoms with Crippen molar-refractivity contribution in [1.82, 2.24) is 0 Å². The molecule has 0 aromatic rings. The van der Waals surface area contributed by atoms with Crippen LogP contribution in [0.5, 0.6) is 0 Å². The molecule has 0 radical (unpaired) electrons. The summed E-state index contributed by atoms with van der Waals surface area (Å²) in [5, 5.41) is 0. The number of hydrogen-bond donors (Lipinski definition) is 0. The molecule has 11 heavy (non-hydrogen) atoms. The van der Waals surface area contributed by atoms with Crippen LogP contribution in [0.25, 0.3) is 0 Å². The maximum Gasteiger partial charge on any atom is 0.165 e. The first kappa shape index (κ1) is 11.2. The summed E-state index contributed by atoms with van der Waals surface area (Å²) >= 11 is 0. The molecular formula is C9H22OSi. The molecule has 0 spiro atoms. The maximum atomic E-state index is 5.81. The Kier molecular flexibility index (Phi) is 5.02. The lowest BCUT2D eigenvalue weighted by Crippen LogP contribution is -2.23. The second kappa shape index (κ2) is 4.94. The van der Waals surface area contributed by atoms with Crippen LogP contribution in [0, 0.1) is 0 Å². The van der Waals surface area contributed by atoms with E-state index in [4.69, 9.17) is 4.43 Å². The molecule has 0 rings (SSSR count). The molecule has 0 aliphatic rings. The normalized spacial score (nSPS) is 13.6. The molecule has 0 aliphatic carbocycles. The molecule has 0 aromatic carbocycles. The predicted molar refractivity (Wildman–Crippen MR) is 53.7 cm³/mol. The average Bonchev–Trinajstić information content (AvgIpc) is 1.88. The van der Waals surface area contributed by atoms with Gasteiger partial charge in [-0.05, 0) is 26.3 Å². The molecule has 0 fully saturated rings. The fraction of sp³-hybridized carbons (Fsp3) is 1.00. The van der Waals surface area contributed by atoms with Gasteiger partial charge in [0, 0.05) is 5.60 Å². The molecule has 1 nitrogen and oxygen atoms in total. The summed E-state index contributed by atoms with van der Waals surface area (Å²) in [5.41, 5.74) is 0.976. The minimum Gasteiger partial charge on any atom is -0.419 e.